The lowest BCUT2D eigenvalue weighted by Gasteiger charge is -2.35. The van der Waals surface area contributed by atoms with Crippen LogP contribution >= 0.6 is 0 Å². The van der Waals surface area contributed by atoms with Crippen molar-refractivity contribution in [2.75, 3.05) is 0 Å². The zero-order chi connectivity index (χ0) is 20.3. The van der Waals surface area contributed by atoms with Crippen LogP contribution in [0.15, 0.2) is 60.7 Å². The fourth-order valence-electron chi connectivity index (χ4n) is 4.02. The van der Waals surface area contributed by atoms with Gasteiger partial charge < -0.3 is 9.47 Å². The summed E-state index contributed by atoms with van der Waals surface area (Å²) >= 11 is 0. The fourth-order valence-corrected chi connectivity index (χ4v) is 4.02. The van der Waals surface area contributed by atoms with Crippen LogP contribution in [0.1, 0.15) is 27.0 Å². The van der Waals surface area contributed by atoms with Crippen LogP contribution in [0, 0.1) is 20.2 Å². The van der Waals surface area contributed by atoms with Gasteiger partial charge in [-0.05, 0) is 18.2 Å². The van der Waals surface area contributed by atoms with E-state index in [0.29, 0.717) is 22.6 Å². The van der Waals surface area contributed by atoms with Crippen molar-refractivity contribution in [1.82, 2.24) is 0 Å². The highest BCUT2D eigenvalue weighted by Crippen LogP contribution is 2.59. The average molecular weight is 390 g/mol. The van der Waals surface area contributed by atoms with E-state index in [1.54, 1.807) is 48.5 Å². The molecule has 1 spiro atoms. The molecule has 2 aliphatic rings. The lowest BCUT2D eigenvalue weighted by molar-refractivity contribution is -0.423. The maximum atomic E-state index is 12.8. The van der Waals surface area contributed by atoms with E-state index in [0.717, 1.165) is 6.07 Å². The summed E-state index contributed by atoms with van der Waals surface area (Å²) in [5, 5.41) is 23.5. The molecule has 2 heterocycles. The van der Waals surface area contributed by atoms with Crippen molar-refractivity contribution >= 4 is 17.3 Å². The minimum Gasteiger partial charge on any atom is -0.456 e. The van der Waals surface area contributed by atoms with Gasteiger partial charge in [0.2, 0.25) is 5.60 Å². The quantitative estimate of drug-likeness (QED) is 0.367. The van der Waals surface area contributed by atoms with Gasteiger partial charge in [0.15, 0.2) is 0 Å². The van der Waals surface area contributed by atoms with E-state index in [9.17, 15) is 25.0 Å². The maximum absolute atomic E-state index is 12.8. The van der Waals surface area contributed by atoms with Gasteiger partial charge in [0, 0.05) is 17.2 Å². The van der Waals surface area contributed by atoms with Crippen LogP contribution in [0.5, 0.6) is 11.5 Å². The standard InChI is InChI=1S/C20H10N2O7/c23-19-11-9-10-14(21(24)25)18(22(26)27)17(11)20(29-19)12-5-1-3-7-15(12)28-16-8-4-2-6-13(16)20/h1-10H. The molecule has 0 saturated carbocycles. The molecule has 0 bridgehead atoms. The second kappa shape index (κ2) is 5.61. The van der Waals surface area contributed by atoms with Crippen LogP contribution in [0.25, 0.3) is 0 Å². The number of ether oxygens (including phenoxy) is 2. The summed E-state index contributed by atoms with van der Waals surface area (Å²) in [5.74, 6) is -0.121. The summed E-state index contributed by atoms with van der Waals surface area (Å²) in [6.45, 7) is 0. The highest BCUT2D eigenvalue weighted by molar-refractivity contribution is 5.99. The molecule has 0 aromatic heterocycles. The molecule has 0 amide bonds. The van der Waals surface area contributed by atoms with Crippen LogP contribution in [0.3, 0.4) is 0 Å². The number of esters is 1. The molecule has 3 aromatic rings. The van der Waals surface area contributed by atoms with Crippen LogP contribution in [0.4, 0.5) is 11.4 Å². The van der Waals surface area contributed by atoms with E-state index >= 15 is 0 Å². The topological polar surface area (TPSA) is 122 Å². The van der Waals surface area contributed by atoms with E-state index in [2.05, 4.69) is 0 Å². The molecular formula is C20H10N2O7. The number of hydrogen-bond donors (Lipinski definition) is 0. The van der Waals surface area contributed by atoms with Crippen molar-refractivity contribution in [3.63, 3.8) is 0 Å². The third-order valence-electron chi connectivity index (χ3n) is 5.11. The number of para-hydroxylation sites is 2. The first-order chi connectivity index (χ1) is 13.9. The van der Waals surface area contributed by atoms with E-state index in [4.69, 9.17) is 9.47 Å². The smallest absolute Gasteiger partial charge is 0.354 e. The first-order valence-corrected chi connectivity index (χ1v) is 8.51. The molecule has 9 heteroatoms. The predicted octanol–water partition coefficient (Wildman–Crippen LogP) is 4.07. The normalized spacial score (nSPS) is 15.0. The number of carbonyl (C=O) groups is 1. The van der Waals surface area contributed by atoms with Crippen molar-refractivity contribution in [2.24, 2.45) is 0 Å². The summed E-state index contributed by atoms with van der Waals surface area (Å²) in [4.78, 5) is 34.5. The number of nitro benzene ring substituents is 2. The Labute approximate surface area is 162 Å². The zero-order valence-electron chi connectivity index (χ0n) is 14.5. The van der Waals surface area contributed by atoms with Crippen molar-refractivity contribution < 1.29 is 24.1 Å². The highest BCUT2D eigenvalue weighted by atomic mass is 16.6. The van der Waals surface area contributed by atoms with Crippen LogP contribution in [-0.2, 0) is 10.3 Å². The predicted molar refractivity (Wildman–Crippen MR) is 98.0 cm³/mol. The summed E-state index contributed by atoms with van der Waals surface area (Å²) in [6, 6.07) is 15.4. The van der Waals surface area contributed by atoms with Gasteiger partial charge in [-0.1, -0.05) is 36.4 Å². The molecule has 0 radical (unpaired) electrons. The molecular weight excluding hydrogens is 380 g/mol. The van der Waals surface area contributed by atoms with Crippen LogP contribution in [-0.4, -0.2) is 15.8 Å². The summed E-state index contributed by atoms with van der Waals surface area (Å²) in [5.41, 5.74) is -2.76. The SMILES string of the molecule is O=C1OC2(c3ccccc3Oc3ccccc32)c2c1ccc([N+](=O)[O-])c2[N+](=O)[O-]. The Bertz CT molecular complexity index is 1210. The van der Waals surface area contributed by atoms with Crippen molar-refractivity contribution in [3.05, 3.63) is 103 Å². The van der Waals surface area contributed by atoms with Gasteiger partial charge in [-0.2, -0.15) is 0 Å². The van der Waals surface area contributed by atoms with Gasteiger partial charge in [-0.3, -0.25) is 20.2 Å². The molecule has 0 aliphatic carbocycles. The molecule has 0 saturated heterocycles. The van der Waals surface area contributed by atoms with Crippen LogP contribution < -0.4 is 4.74 Å². The Hall–Kier alpha value is -4.27. The Morgan fingerprint density at radius 1 is 0.793 bits per heavy atom. The molecule has 5 rings (SSSR count). The van der Waals surface area contributed by atoms with Gasteiger partial charge in [-0.25, -0.2) is 4.79 Å². The third-order valence-corrected chi connectivity index (χ3v) is 5.11. The van der Waals surface area contributed by atoms with Gasteiger partial charge in [0.25, 0.3) is 0 Å². The second-order valence-electron chi connectivity index (χ2n) is 6.54. The molecule has 9 nitrogen and oxygen atoms in total. The van der Waals surface area contributed by atoms with Crippen LogP contribution in [0.2, 0.25) is 0 Å². The zero-order valence-corrected chi connectivity index (χ0v) is 14.5. The molecule has 0 fully saturated rings. The van der Waals surface area contributed by atoms with Crippen molar-refractivity contribution in [2.45, 2.75) is 5.60 Å². The van der Waals surface area contributed by atoms with Crippen molar-refractivity contribution in [1.29, 1.82) is 0 Å². The molecule has 0 unspecified atom stereocenters. The Balaban J connectivity index is 1.99. The third kappa shape index (κ3) is 2.06. The number of benzene rings is 3. The van der Waals surface area contributed by atoms with Gasteiger partial charge in [-0.15, -0.1) is 0 Å². The number of nitro groups is 2. The number of rotatable bonds is 2. The largest absolute Gasteiger partial charge is 0.456 e. The van der Waals surface area contributed by atoms with Gasteiger partial charge >= 0.3 is 17.3 Å². The lowest BCUT2D eigenvalue weighted by atomic mass is 9.77. The first-order valence-electron chi connectivity index (χ1n) is 8.51. The molecule has 142 valence electrons. The summed E-state index contributed by atoms with van der Waals surface area (Å²) in [6.07, 6.45) is 0. The number of fused-ring (bicyclic) bond motifs is 6. The molecule has 3 aromatic carbocycles. The first kappa shape index (κ1) is 16.9. The average Bonchev–Trinajstić information content (AvgIpc) is 3.01. The minimum atomic E-state index is -1.73. The molecule has 0 N–H and O–H groups in total. The Kier molecular flexibility index (Phi) is 3.27. The lowest BCUT2D eigenvalue weighted by Crippen LogP contribution is -2.33. The summed E-state index contributed by atoms with van der Waals surface area (Å²) in [7, 11) is 0. The highest BCUT2D eigenvalue weighted by Gasteiger charge is 2.58. The van der Waals surface area contributed by atoms with E-state index in [1.807, 2.05) is 0 Å². The Morgan fingerprint density at radius 2 is 1.38 bits per heavy atom. The number of hydrogen-bond acceptors (Lipinski definition) is 7. The van der Waals surface area contributed by atoms with E-state index < -0.39 is 32.8 Å². The molecule has 0 atom stereocenters. The molecule has 29 heavy (non-hydrogen) atoms. The second-order valence-corrected chi connectivity index (χ2v) is 6.54. The fraction of sp³-hybridized carbons (Fsp3) is 0.0500. The number of carbonyl (C=O) groups excluding carboxylic acids is 1. The van der Waals surface area contributed by atoms with E-state index in [1.165, 1.54) is 6.07 Å². The Morgan fingerprint density at radius 3 is 1.93 bits per heavy atom. The van der Waals surface area contributed by atoms with Crippen molar-refractivity contribution in [3.8, 4) is 11.5 Å². The summed E-state index contributed by atoms with van der Waals surface area (Å²) < 4.78 is 11.7. The van der Waals surface area contributed by atoms with E-state index in [-0.39, 0.29) is 11.1 Å². The number of nitrogens with zero attached hydrogens (tertiary/aromatic N) is 2. The minimum absolute atomic E-state index is 0.0891. The monoisotopic (exact) mass is 390 g/mol. The van der Waals surface area contributed by atoms with Gasteiger partial charge in [0.1, 0.15) is 17.1 Å². The van der Waals surface area contributed by atoms with Gasteiger partial charge in [0.05, 0.1) is 15.4 Å². The molecule has 2 aliphatic heterocycles. The maximum Gasteiger partial charge on any atom is 0.354 e.